The first kappa shape index (κ1) is 15.8. The normalized spacial score (nSPS) is 10.4. The third-order valence-corrected chi connectivity index (χ3v) is 3.65. The van der Waals surface area contributed by atoms with Gasteiger partial charge in [-0.05, 0) is 45.0 Å². The maximum atomic E-state index is 12.4. The fourth-order valence-electron chi connectivity index (χ4n) is 2.22. The van der Waals surface area contributed by atoms with Crippen molar-refractivity contribution in [1.29, 1.82) is 0 Å². The van der Waals surface area contributed by atoms with E-state index in [4.69, 9.17) is 4.74 Å². The molecule has 0 radical (unpaired) electrons. The number of anilines is 1. The van der Waals surface area contributed by atoms with Crippen molar-refractivity contribution in [2.45, 2.75) is 20.8 Å². The van der Waals surface area contributed by atoms with Crippen LogP contribution in [0.15, 0.2) is 30.3 Å². The Hall–Kier alpha value is -2.56. The molecule has 0 spiro atoms. The maximum Gasteiger partial charge on any atom is 0.338 e. The molecular formula is C17H20N2O3. The summed E-state index contributed by atoms with van der Waals surface area (Å²) >= 11 is 0. The zero-order valence-electron chi connectivity index (χ0n) is 13.3. The van der Waals surface area contributed by atoms with Crippen LogP contribution in [0.1, 0.15) is 39.0 Å². The minimum Gasteiger partial charge on any atom is -0.462 e. The van der Waals surface area contributed by atoms with Crippen LogP contribution in [0.5, 0.6) is 0 Å². The molecule has 0 fully saturated rings. The highest BCUT2D eigenvalue weighted by Crippen LogP contribution is 2.17. The Morgan fingerprint density at radius 1 is 1.23 bits per heavy atom. The Morgan fingerprint density at radius 2 is 1.95 bits per heavy atom. The van der Waals surface area contributed by atoms with Gasteiger partial charge in [0.2, 0.25) is 0 Å². The van der Waals surface area contributed by atoms with Crippen LogP contribution in [0.4, 0.5) is 5.69 Å². The summed E-state index contributed by atoms with van der Waals surface area (Å²) in [6.45, 7) is 5.92. The van der Waals surface area contributed by atoms with Crippen molar-refractivity contribution in [1.82, 2.24) is 4.57 Å². The summed E-state index contributed by atoms with van der Waals surface area (Å²) in [5.74, 6) is -0.590. The number of amides is 1. The molecule has 116 valence electrons. The quantitative estimate of drug-likeness (QED) is 0.883. The summed E-state index contributed by atoms with van der Waals surface area (Å²) in [6.07, 6.45) is 0. The second-order valence-electron chi connectivity index (χ2n) is 5.10. The van der Waals surface area contributed by atoms with Crippen LogP contribution < -0.4 is 5.32 Å². The number of hydrogen-bond acceptors (Lipinski definition) is 3. The largest absolute Gasteiger partial charge is 0.462 e. The molecule has 0 aliphatic heterocycles. The SMILES string of the molecule is CCOC(=O)c1cccc(NC(=O)c2cc(C)n(C)c2C)c1. The van der Waals surface area contributed by atoms with Gasteiger partial charge in [-0.2, -0.15) is 0 Å². The van der Waals surface area contributed by atoms with Gasteiger partial charge in [-0.3, -0.25) is 4.79 Å². The fourth-order valence-corrected chi connectivity index (χ4v) is 2.22. The molecule has 1 amide bonds. The molecule has 5 nitrogen and oxygen atoms in total. The average molecular weight is 300 g/mol. The second kappa shape index (κ2) is 6.47. The Labute approximate surface area is 129 Å². The number of hydrogen-bond donors (Lipinski definition) is 1. The molecule has 1 aromatic heterocycles. The van der Waals surface area contributed by atoms with Crippen LogP contribution in [0.2, 0.25) is 0 Å². The van der Waals surface area contributed by atoms with Crippen LogP contribution >= 0.6 is 0 Å². The van der Waals surface area contributed by atoms with E-state index in [1.165, 1.54) is 0 Å². The average Bonchev–Trinajstić information content (AvgIpc) is 2.75. The lowest BCUT2D eigenvalue weighted by Gasteiger charge is -2.07. The number of nitrogens with zero attached hydrogens (tertiary/aromatic N) is 1. The first-order chi connectivity index (χ1) is 10.4. The highest BCUT2D eigenvalue weighted by atomic mass is 16.5. The van der Waals surface area contributed by atoms with E-state index in [0.29, 0.717) is 23.4 Å². The van der Waals surface area contributed by atoms with Gasteiger partial charge in [0.1, 0.15) is 0 Å². The number of esters is 1. The number of rotatable bonds is 4. The summed E-state index contributed by atoms with van der Waals surface area (Å²) in [5.41, 5.74) is 3.53. The second-order valence-corrected chi connectivity index (χ2v) is 5.10. The third-order valence-electron chi connectivity index (χ3n) is 3.65. The number of nitrogens with one attached hydrogen (secondary N) is 1. The summed E-state index contributed by atoms with van der Waals surface area (Å²) in [4.78, 5) is 24.1. The number of aryl methyl sites for hydroxylation is 1. The molecule has 1 aromatic carbocycles. The molecule has 2 aromatic rings. The van der Waals surface area contributed by atoms with E-state index in [1.54, 1.807) is 31.2 Å². The van der Waals surface area contributed by atoms with Gasteiger partial charge in [0.15, 0.2) is 0 Å². The van der Waals surface area contributed by atoms with Gasteiger partial charge in [0, 0.05) is 24.1 Å². The fraction of sp³-hybridized carbons (Fsp3) is 0.294. The van der Waals surface area contributed by atoms with Gasteiger partial charge in [0.05, 0.1) is 17.7 Å². The number of ether oxygens (including phenoxy) is 1. The van der Waals surface area contributed by atoms with Crippen LogP contribution in [0.3, 0.4) is 0 Å². The molecule has 0 bridgehead atoms. The van der Waals surface area contributed by atoms with Gasteiger partial charge in [-0.25, -0.2) is 4.79 Å². The zero-order chi connectivity index (χ0) is 16.3. The van der Waals surface area contributed by atoms with E-state index in [1.807, 2.05) is 31.5 Å². The lowest BCUT2D eigenvalue weighted by atomic mass is 10.2. The molecule has 5 heteroatoms. The molecule has 1 heterocycles. The zero-order valence-corrected chi connectivity index (χ0v) is 13.3. The molecule has 0 saturated heterocycles. The Bertz CT molecular complexity index is 717. The molecule has 0 aliphatic rings. The number of aromatic nitrogens is 1. The first-order valence-corrected chi connectivity index (χ1v) is 7.15. The predicted molar refractivity (Wildman–Crippen MR) is 85.2 cm³/mol. The lowest BCUT2D eigenvalue weighted by Crippen LogP contribution is -2.13. The smallest absolute Gasteiger partial charge is 0.338 e. The van der Waals surface area contributed by atoms with Crippen molar-refractivity contribution in [3.8, 4) is 0 Å². The van der Waals surface area contributed by atoms with Gasteiger partial charge in [-0.15, -0.1) is 0 Å². The molecule has 0 saturated carbocycles. The summed E-state index contributed by atoms with van der Waals surface area (Å²) < 4.78 is 6.92. The molecular weight excluding hydrogens is 280 g/mol. The minimum absolute atomic E-state index is 0.192. The van der Waals surface area contributed by atoms with Crippen LogP contribution in [-0.2, 0) is 11.8 Å². The molecule has 1 N–H and O–H groups in total. The molecule has 2 rings (SSSR count). The van der Waals surface area contributed by atoms with E-state index < -0.39 is 5.97 Å². The van der Waals surface area contributed by atoms with Crippen LogP contribution in [0.25, 0.3) is 0 Å². The highest BCUT2D eigenvalue weighted by molar-refractivity contribution is 6.05. The molecule has 0 atom stereocenters. The van der Waals surface area contributed by atoms with Crippen molar-refractivity contribution in [2.24, 2.45) is 7.05 Å². The van der Waals surface area contributed by atoms with Gasteiger partial charge in [0.25, 0.3) is 5.91 Å². The lowest BCUT2D eigenvalue weighted by molar-refractivity contribution is 0.0526. The van der Waals surface area contributed by atoms with E-state index in [-0.39, 0.29) is 5.91 Å². The van der Waals surface area contributed by atoms with Crippen LogP contribution in [0, 0.1) is 13.8 Å². The molecule has 0 unspecified atom stereocenters. The summed E-state index contributed by atoms with van der Waals surface area (Å²) in [6, 6.07) is 8.57. The van der Waals surface area contributed by atoms with Crippen molar-refractivity contribution >= 4 is 17.6 Å². The predicted octanol–water partition coefficient (Wildman–Crippen LogP) is 3.07. The van der Waals surface area contributed by atoms with Crippen LogP contribution in [-0.4, -0.2) is 23.1 Å². The van der Waals surface area contributed by atoms with E-state index in [9.17, 15) is 9.59 Å². The number of carbonyl (C=O) groups is 2. The highest BCUT2D eigenvalue weighted by Gasteiger charge is 2.15. The standard InChI is InChI=1S/C17H20N2O3/c1-5-22-17(21)13-7-6-8-14(10-13)18-16(20)15-9-11(2)19(4)12(15)3/h6-10H,5H2,1-4H3,(H,18,20). The monoisotopic (exact) mass is 300 g/mol. The first-order valence-electron chi connectivity index (χ1n) is 7.15. The Kier molecular flexibility index (Phi) is 4.65. The van der Waals surface area contributed by atoms with Crippen molar-refractivity contribution < 1.29 is 14.3 Å². The van der Waals surface area contributed by atoms with E-state index >= 15 is 0 Å². The number of benzene rings is 1. The summed E-state index contributed by atoms with van der Waals surface area (Å²) in [5, 5.41) is 2.82. The van der Waals surface area contributed by atoms with Crippen molar-refractivity contribution in [3.63, 3.8) is 0 Å². The Balaban J connectivity index is 2.20. The molecule has 0 aliphatic carbocycles. The third kappa shape index (κ3) is 3.19. The van der Waals surface area contributed by atoms with Gasteiger partial charge < -0.3 is 14.6 Å². The van der Waals surface area contributed by atoms with E-state index in [0.717, 1.165) is 11.4 Å². The van der Waals surface area contributed by atoms with Gasteiger partial charge >= 0.3 is 5.97 Å². The van der Waals surface area contributed by atoms with Crippen molar-refractivity contribution in [3.05, 3.63) is 52.8 Å². The topological polar surface area (TPSA) is 60.3 Å². The Morgan fingerprint density at radius 3 is 2.55 bits per heavy atom. The van der Waals surface area contributed by atoms with Gasteiger partial charge in [-0.1, -0.05) is 6.07 Å². The van der Waals surface area contributed by atoms with Crippen molar-refractivity contribution in [2.75, 3.05) is 11.9 Å². The minimum atomic E-state index is -0.398. The van der Waals surface area contributed by atoms with E-state index in [2.05, 4.69) is 5.32 Å². The molecule has 22 heavy (non-hydrogen) atoms. The maximum absolute atomic E-state index is 12.4. The number of carbonyl (C=O) groups excluding carboxylic acids is 2. The summed E-state index contributed by atoms with van der Waals surface area (Å²) in [7, 11) is 1.92.